The zero-order valence-electron chi connectivity index (χ0n) is 14.6. The maximum atomic E-state index is 13.2. The first-order valence-electron chi connectivity index (χ1n) is 7.58. The van der Waals surface area contributed by atoms with Crippen LogP contribution in [0.25, 0.3) is 0 Å². The molecule has 9 heteroatoms. The van der Waals surface area contributed by atoms with E-state index in [0.717, 1.165) is 9.87 Å². The number of hydrogen-bond acceptors (Lipinski definition) is 6. The van der Waals surface area contributed by atoms with Crippen LogP contribution in [-0.2, 0) is 19.5 Å². The van der Waals surface area contributed by atoms with Crippen LogP contribution in [0, 0.1) is 20.8 Å². The molecule has 0 saturated heterocycles. The average molecular weight is 433 g/mol. The molecule has 0 amide bonds. The van der Waals surface area contributed by atoms with Crippen molar-refractivity contribution >= 4 is 31.8 Å². The minimum absolute atomic E-state index is 0.142. The van der Waals surface area contributed by atoms with Gasteiger partial charge in [-0.25, -0.2) is 12.7 Å². The molecular formula is C16H21BrN2O5S. The minimum Gasteiger partial charge on any atom is -0.382 e. The van der Waals surface area contributed by atoms with Crippen LogP contribution < -0.4 is 4.31 Å². The van der Waals surface area contributed by atoms with Gasteiger partial charge in [0.15, 0.2) is 5.82 Å². The Labute approximate surface area is 156 Å². The van der Waals surface area contributed by atoms with Crippen molar-refractivity contribution in [3.63, 3.8) is 0 Å². The van der Waals surface area contributed by atoms with Crippen molar-refractivity contribution in [2.24, 2.45) is 0 Å². The van der Waals surface area contributed by atoms with Gasteiger partial charge >= 0.3 is 0 Å². The van der Waals surface area contributed by atoms with E-state index < -0.39 is 10.0 Å². The molecule has 0 bridgehead atoms. The van der Waals surface area contributed by atoms with Crippen molar-refractivity contribution in [3.8, 4) is 0 Å². The highest BCUT2D eigenvalue weighted by Gasteiger charge is 2.31. The lowest BCUT2D eigenvalue weighted by Gasteiger charge is -2.23. The molecule has 1 aromatic heterocycles. The highest BCUT2D eigenvalue weighted by molar-refractivity contribution is 9.10. The van der Waals surface area contributed by atoms with Crippen molar-refractivity contribution in [3.05, 3.63) is 39.6 Å². The van der Waals surface area contributed by atoms with Crippen LogP contribution in [0.3, 0.4) is 0 Å². The van der Waals surface area contributed by atoms with Gasteiger partial charge in [-0.1, -0.05) is 17.3 Å². The zero-order valence-corrected chi connectivity index (χ0v) is 17.0. The van der Waals surface area contributed by atoms with Gasteiger partial charge in [0.05, 0.1) is 13.2 Å². The highest BCUT2D eigenvalue weighted by Crippen LogP contribution is 2.32. The van der Waals surface area contributed by atoms with E-state index in [1.54, 1.807) is 27.0 Å². The molecule has 25 heavy (non-hydrogen) atoms. The lowest BCUT2D eigenvalue weighted by atomic mass is 10.2. The van der Waals surface area contributed by atoms with Gasteiger partial charge in [0, 0.05) is 17.1 Å². The molecule has 0 unspecified atom stereocenters. The van der Waals surface area contributed by atoms with E-state index in [1.165, 1.54) is 6.07 Å². The van der Waals surface area contributed by atoms with Gasteiger partial charge in [0.25, 0.3) is 10.0 Å². The summed E-state index contributed by atoms with van der Waals surface area (Å²) in [5.74, 6) is 0.763. The zero-order chi connectivity index (χ0) is 18.6. The molecular weight excluding hydrogens is 412 g/mol. The lowest BCUT2D eigenvalue weighted by Crippen LogP contribution is -2.35. The smallest absolute Gasteiger partial charge is 0.268 e. The molecule has 0 radical (unpaired) electrons. The molecule has 1 heterocycles. The quantitative estimate of drug-likeness (QED) is 0.470. The molecule has 7 nitrogen and oxygen atoms in total. The third kappa shape index (κ3) is 4.22. The monoisotopic (exact) mass is 432 g/mol. The molecule has 0 fully saturated rings. The van der Waals surface area contributed by atoms with Gasteiger partial charge in [0.1, 0.15) is 17.4 Å². The third-order valence-corrected chi connectivity index (χ3v) is 6.80. The fraction of sp³-hybridized carbons (Fsp3) is 0.438. The van der Waals surface area contributed by atoms with E-state index in [2.05, 4.69) is 21.1 Å². The van der Waals surface area contributed by atoms with Crippen LogP contribution in [0.1, 0.15) is 16.9 Å². The summed E-state index contributed by atoms with van der Waals surface area (Å²) in [5.41, 5.74) is 1.46. The van der Waals surface area contributed by atoms with E-state index in [9.17, 15) is 8.42 Å². The molecule has 0 saturated carbocycles. The SMILES string of the molecule is COCCOCN(c1noc(C)c1C)S(=O)(=O)c1cccc(C)c1Br. The molecule has 0 aliphatic carbocycles. The Morgan fingerprint density at radius 1 is 1.24 bits per heavy atom. The van der Waals surface area contributed by atoms with Crippen molar-refractivity contribution < 1.29 is 22.4 Å². The summed E-state index contributed by atoms with van der Waals surface area (Å²) in [7, 11) is -2.36. The number of benzene rings is 1. The summed E-state index contributed by atoms with van der Waals surface area (Å²) >= 11 is 3.36. The second-order valence-electron chi connectivity index (χ2n) is 5.46. The van der Waals surface area contributed by atoms with Crippen LogP contribution in [0.5, 0.6) is 0 Å². The van der Waals surface area contributed by atoms with Crippen LogP contribution in [0.4, 0.5) is 5.82 Å². The number of anilines is 1. The van der Waals surface area contributed by atoms with Gasteiger partial charge in [-0.2, -0.15) is 0 Å². The van der Waals surface area contributed by atoms with Gasteiger partial charge in [-0.15, -0.1) is 0 Å². The Hall–Kier alpha value is -1.42. The van der Waals surface area contributed by atoms with Crippen molar-refractivity contribution in [1.82, 2.24) is 5.16 Å². The van der Waals surface area contributed by atoms with Gasteiger partial charge in [-0.3, -0.25) is 0 Å². The molecule has 138 valence electrons. The Morgan fingerprint density at radius 2 is 1.96 bits per heavy atom. The summed E-state index contributed by atoms with van der Waals surface area (Å²) in [6, 6.07) is 5.06. The molecule has 0 aliphatic heterocycles. The Bertz CT molecular complexity index is 835. The number of ether oxygens (including phenoxy) is 2. The van der Waals surface area contributed by atoms with Gasteiger partial charge in [-0.05, 0) is 48.3 Å². The summed E-state index contributed by atoms with van der Waals surface area (Å²) in [5, 5.41) is 3.90. The molecule has 2 rings (SSSR count). The van der Waals surface area contributed by atoms with Gasteiger partial charge in [0.2, 0.25) is 0 Å². The number of aromatic nitrogens is 1. The fourth-order valence-electron chi connectivity index (χ4n) is 2.11. The standard InChI is InChI=1S/C16H21BrN2O5S/c1-11-6-5-7-14(15(11)17)25(20,21)19(10-23-9-8-22-4)16-12(2)13(3)24-18-16/h5-7H,8-10H2,1-4H3. The van der Waals surface area contributed by atoms with Gasteiger partial charge < -0.3 is 14.0 Å². The number of methoxy groups -OCH3 is 1. The molecule has 0 aliphatic rings. The average Bonchev–Trinajstić information content (AvgIpc) is 2.89. The molecule has 1 aromatic carbocycles. The molecule has 0 spiro atoms. The predicted octanol–water partition coefficient (Wildman–Crippen LogP) is 3.18. The maximum Gasteiger partial charge on any atom is 0.268 e. The van der Waals surface area contributed by atoms with Crippen LogP contribution in [0.2, 0.25) is 0 Å². The van der Waals surface area contributed by atoms with E-state index >= 15 is 0 Å². The molecule has 0 N–H and O–H groups in total. The minimum atomic E-state index is -3.91. The first kappa shape index (κ1) is 19.9. The van der Waals surface area contributed by atoms with E-state index in [0.29, 0.717) is 22.4 Å². The van der Waals surface area contributed by atoms with Crippen LogP contribution in [0.15, 0.2) is 32.1 Å². The first-order chi connectivity index (χ1) is 11.8. The molecule has 2 aromatic rings. The maximum absolute atomic E-state index is 13.2. The number of halogens is 1. The molecule has 0 atom stereocenters. The van der Waals surface area contributed by atoms with E-state index in [4.69, 9.17) is 14.0 Å². The second-order valence-corrected chi connectivity index (χ2v) is 8.08. The fourth-order valence-corrected chi connectivity index (χ4v) is 4.48. The lowest BCUT2D eigenvalue weighted by molar-refractivity contribution is 0.0753. The van der Waals surface area contributed by atoms with Crippen molar-refractivity contribution in [2.75, 3.05) is 31.4 Å². The summed E-state index contributed by atoms with van der Waals surface area (Å²) in [4.78, 5) is 0.142. The Morgan fingerprint density at radius 3 is 2.56 bits per heavy atom. The number of sulfonamides is 1. The number of rotatable bonds is 8. The largest absolute Gasteiger partial charge is 0.382 e. The Balaban J connectivity index is 2.46. The summed E-state index contributed by atoms with van der Waals surface area (Å²) < 4.78 is 43.6. The van der Waals surface area contributed by atoms with Crippen molar-refractivity contribution in [2.45, 2.75) is 25.7 Å². The number of aryl methyl sites for hydroxylation is 2. The predicted molar refractivity (Wildman–Crippen MR) is 97.2 cm³/mol. The summed E-state index contributed by atoms with van der Waals surface area (Å²) in [6.07, 6.45) is 0. The number of nitrogens with zero attached hydrogens (tertiary/aromatic N) is 2. The first-order valence-corrected chi connectivity index (χ1v) is 9.81. The highest BCUT2D eigenvalue weighted by atomic mass is 79.9. The van der Waals surface area contributed by atoms with Crippen molar-refractivity contribution in [1.29, 1.82) is 0 Å². The van der Waals surface area contributed by atoms with E-state index in [-0.39, 0.29) is 24.1 Å². The normalized spacial score (nSPS) is 11.7. The van der Waals surface area contributed by atoms with Crippen LogP contribution >= 0.6 is 15.9 Å². The van der Waals surface area contributed by atoms with E-state index in [1.807, 2.05) is 13.0 Å². The second kappa shape index (κ2) is 8.31. The topological polar surface area (TPSA) is 81.9 Å². The van der Waals surface area contributed by atoms with Crippen LogP contribution in [-0.4, -0.2) is 40.6 Å². The number of hydrogen-bond donors (Lipinski definition) is 0. The third-order valence-electron chi connectivity index (χ3n) is 3.73. The summed E-state index contributed by atoms with van der Waals surface area (Å²) in [6.45, 7) is 5.73. The Kier molecular flexibility index (Phi) is 6.61.